The molecule has 0 radical (unpaired) electrons. The van der Waals surface area contributed by atoms with Gasteiger partial charge in [0, 0.05) is 5.41 Å². The van der Waals surface area contributed by atoms with E-state index in [-0.39, 0.29) is 16.9 Å². The largest absolute Gasteiger partial charge is 0.393 e. The van der Waals surface area contributed by atoms with Gasteiger partial charge in [0.25, 0.3) is 0 Å². The summed E-state index contributed by atoms with van der Waals surface area (Å²) in [5.41, 5.74) is 2.20. The molecular weight excluding hydrogens is 392 g/mol. The highest BCUT2D eigenvalue weighted by Gasteiger charge is 2.70. The van der Waals surface area contributed by atoms with Crippen LogP contribution in [0.4, 0.5) is 0 Å². The molecule has 0 aromatic heterocycles. The van der Waals surface area contributed by atoms with Crippen molar-refractivity contribution in [1.29, 1.82) is 0 Å². The fourth-order valence-electron chi connectivity index (χ4n) is 11.4. The van der Waals surface area contributed by atoms with Crippen molar-refractivity contribution in [2.45, 2.75) is 112 Å². The molecule has 5 aliphatic rings. The minimum Gasteiger partial charge on any atom is -0.393 e. The molecule has 0 amide bonds. The summed E-state index contributed by atoms with van der Waals surface area (Å²) in [6.07, 6.45) is 13.1. The summed E-state index contributed by atoms with van der Waals surface area (Å²) < 4.78 is 0. The molecule has 2 heteroatoms. The molecule has 10 atom stereocenters. The number of hydrogen-bond acceptors (Lipinski definition) is 2. The lowest BCUT2D eigenvalue weighted by Crippen LogP contribution is -2.66. The minimum atomic E-state index is -0.158. The summed E-state index contributed by atoms with van der Waals surface area (Å²) in [6.45, 7) is 19.2. The van der Waals surface area contributed by atoms with Crippen LogP contribution in [0, 0.1) is 56.7 Å². The molecule has 5 saturated carbocycles. The third kappa shape index (κ3) is 2.60. The number of rotatable bonds is 2. The number of carbonyl (C=O) groups is 1. The molecule has 0 spiro atoms. The summed E-state index contributed by atoms with van der Waals surface area (Å²) >= 11 is 0. The van der Waals surface area contributed by atoms with E-state index in [0.29, 0.717) is 39.9 Å². The van der Waals surface area contributed by atoms with Crippen LogP contribution in [0.1, 0.15) is 106 Å². The molecule has 2 nitrogen and oxygen atoms in total. The molecule has 5 fully saturated rings. The lowest BCUT2D eigenvalue weighted by atomic mass is 9.32. The standard InChI is InChI=1S/C30H48O2/c1-19(2)20-10-15-30(18-31)17-16-28(6)21(25(20)30)8-9-23-27(5)13-12-24(32)26(3,4)22(27)11-14-29(23,28)7/h18,20-25,32H,1,8-17H2,2-7H3/t20-,21-,22-,23-,24+,25+,27+,28+,29+,30-/m0/s1. The predicted octanol–water partition coefficient (Wildman–Crippen LogP) is 7.20. The van der Waals surface area contributed by atoms with Gasteiger partial charge in [0.1, 0.15) is 6.29 Å². The van der Waals surface area contributed by atoms with E-state index in [1.165, 1.54) is 50.4 Å². The molecule has 32 heavy (non-hydrogen) atoms. The number of aliphatic hydroxyl groups excluding tert-OH is 1. The molecule has 0 aliphatic heterocycles. The first-order valence-corrected chi connectivity index (χ1v) is 13.7. The smallest absolute Gasteiger partial charge is 0.126 e. The van der Waals surface area contributed by atoms with Crippen molar-refractivity contribution in [3.05, 3.63) is 12.2 Å². The Kier molecular flexibility index (Phi) is 5.03. The van der Waals surface area contributed by atoms with Gasteiger partial charge in [-0.2, -0.15) is 0 Å². The molecule has 0 heterocycles. The summed E-state index contributed by atoms with van der Waals surface area (Å²) in [5.74, 6) is 3.03. The maximum Gasteiger partial charge on any atom is 0.126 e. The molecule has 5 rings (SSSR count). The lowest BCUT2D eigenvalue weighted by Gasteiger charge is -2.72. The maximum absolute atomic E-state index is 12.6. The highest BCUT2D eigenvalue weighted by molar-refractivity contribution is 5.62. The molecule has 0 aromatic rings. The summed E-state index contributed by atoms with van der Waals surface area (Å²) in [5, 5.41) is 10.9. The number of aldehydes is 1. The first kappa shape index (κ1) is 23.1. The third-order valence-electron chi connectivity index (χ3n) is 13.3. The van der Waals surface area contributed by atoms with Crippen LogP contribution in [0.25, 0.3) is 0 Å². The Bertz CT molecular complexity index is 814. The first-order chi connectivity index (χ1) is 14.9. The quantitative estimate of drug-likeness (QED) is 0.364. The van der Waals surface area contributed by atoms with Gasteiger partial charge in [-0.05, 0) is 122 Å². The first-order valence-electron chi connectivity index (χ1n) is 13.7. The van der Waals surface area contributed by atoms with E-state index < -0.39 is 0 Å². The van der Waals surface area contributed by atoms with Crippen molar-refractivity contribution < 1.29 is 9.90 Å². The van der Waals surface area contributed by atoms with Crippen molar-refractivity contribution >= 4 is 6.29 Å². The monoisotopic (exact) mass is 440 g/mol. The molecule has 0 saturated heterocycles. The normalized spacial score (nSPS) is 56.3. The van der Waals surface area contributed by atoms with Gasteiger partial charge in [-0.1, -0.05) is 46.8 Å². The SMILES string of the molecule is C=C(C)[C@@H]1CC[C@@]2(C=O)CC[C@]3(C)[C@@H](CC[C@H]4[C@]5(C)CC[C@@H](O)C(C)(C)[C@@H]5CC[C@]43C)[C@@H]12. The average molecular weight is 441 g/mol. The minimum absolute atomic E-state index is 0.0157. The molecule has 0 bridgehead atoms. The van der Waals surface area contributed by atoms with E-state index in [2.05, 4.69) is 48.1 Å². The number of allylic oxidation sites excluding steroid dienone is 1. The highest BCUT2D eigenvalue weighted by Crippen LogP contribution is 2.77. The van der Waals surface area contributed by atoms with Crippen LogP contribution < -0.4 is 0 Å². The fourth-order valence-corrected chi connectivity index (χ4v) is 11.4. The second-order valence-electron chi connectivity index (χ2n) is 14.4. The number of hydrogen-bond donors (Lipinski definition) is 1. The third-order valence-corrected chi connectivity index (χ3v) is 13.3. The van der Waals surface area contributed by atoms with Crippen LogP contribution in [0.15, 0.2) is 12.2 Å². The van der Waals surface area contributed by atoms with Crippen molar-refractivity contribution in [2.24, 2.45) is 56.7 Å². The highest BCUT2D eigenvalue weighted by atomic mass is 16.3. The average Bonchev–Trinajstić information content (AvgIpc) is 3.12. The number of carbonyl (C=O) groups excluding carboxylic acids is 1. The molecule has 0 aromatic carbocycles. The molecule has 5 aliphatic carbocycles. The summed E-state index contributed by atoms with van der Waals surface area (Å²) in [6, 6.07) is 0. The molecule has 0 unspecified atom stereocenters. The maximum atomic E-state index is 12.6. The van der Waals surface area contributed by atoms with Crippen LogP contribution in [0.3, 0.4) is 0 Å². The Balaban J connectivity index is 1.56. The van der Waals surface area contributed by atoms with E-state index in [1.807, 2.05) is 0 Å². The van der Waals surface area contributed by atoms with E-state index >= 15 is 0 Å². The van der Waals surface area contributed by atoms with Gasteiger partial charge in [0.2, 0.25) is 0 Å². The van der Waals surface area contributed by atoms with Crippen LogP contribution >= 0.6 is 0 Å². The van der Waals surface area contributed by atoms with Crippen LogP contribution in [-0.2, 0) is 4.79 Å². The van der Waals surface area contributed by atoms with Crippen molar-refractivity contribution in [3.63, 3.8) is 0 Å². The van der Waals surface area contributed by atoms with Crippen molar-refractivity contribution in [1.82, 2.24) is 0 Å². The van der Waals surface area contributed by atoms with Gasteiger partial charge in [-0.25, -0.2) is 0 Å². The van der Waals surface area contributed by atoms with Crippen LogP contribution in [0.5, 0.6) is 0 Å². The van der Waals surface area contributed by atoms with E-state index in [1.54, 1.807) is 0 Å². The zero-order chi connectivity index (χ0) is 23.3. The van der Waals surface area contributed by atoms with Gasteiger partial charge < -0.3 is 9.90 Å². The molecule has 180 valence electrons. The van der Waals surface area contributed by atoms with Crippen LogP contribution in [-0.4, -0.2) is 17.5 Å². The Hall–Kier alpha value is -0.630. The molecule has 1 N–H and O–H groups in total. The zero-order valence-electron chi connectivity index (χ0n) is 21.7. The Morgan fingerprint density at radius 2 is 1.56 bits per heavy atom. The summed E-state index contributed by atoms with van der Waals surface area (Å²) in [4.78, 5) is 12.6. The predicted molar refractivity (Wildman–Crippen MR) is 131 cm³/mol. The Morgan fingerprint density at radius 3 is 2.22 bits per heavy atom. The van der Waals surface area contributed by atoms with E-state index in [9.17, 15) is 9.90 Å². The topological polar surface area (TPSA) is 37.3 Å². The zero-order valence-corrected chi connectivity index (χ0v) is 21.7. The number of fused-ring (bicyclic) bond motifs is 7. The van der Waals surface area contributed by atoms with Gasteiger partial charge in [0.05, 0.1) is 6.10 Å². The Morgan fingerprint density at radius 1 is 0.844 bits per heavy atom. The number of aliphatic hydroxyl groups is 1. The van der Waals surface area contributed by atoms with Gasteiger partial charge in [-0.3, -0.25) is 0 Å². The van der Waals surface area contributed by atoms with Gasteiger partial charge in [0.15, 0.2) is 0 Å². The van der Waals surface area contributed by atoms with E-state index in [4.69, 9.17) is 0 Å². The fraction of sp³-hybridized carbons (Fsp3) is 0.900. The van der Waals surface area contributed by atoms with Crippen molar-refractivity contribution in [2.75, 3.05) is 0 Å². The second-order valence-corrected chi connectivity index (χ2v) is 14.4. The molecular formula is C30H48O2. The van der Waals surface area contributed by atoms with E-state index in [0.717, 1.165) is 31.6 Å². The van der Waals surface area contributed by atoms with Crippen molar-refractivity contribution in [3.8, 4) is 0 Å². The summed E-state index contributed by atoms with van der Waals surface area (Å²) in [7, 11) is 0. The lowest BCUT2D eigenvalue weighted by molar-refractivity contribution is -0.245. The van der Waals surface area contributed by atoms with Crippen LogP contribution in [0.2, 0.25) is 0 Å². The second kappa shape index (κ2) is 6.96. The van der Waals surface area contributed by atoms with Gasteiger partial charge in [-0.15, -0.1) is 0 Å². The Labute approximate surface area is 197 Å². The van der Waals surface area contributed by atoms with Gasteiger partial charge >= 0.3 is 0 Å².